The molecule has 0 bridgehead atoms. The lowest BCUT2D eigenvalue weighted by molar-refractivity contribution is -0.142. The van der Waals surface area contributed by atoms with Crippen molar-refractivity contribution < 1.29 is 19.8 Å². The molecule has 1 aromatic heterocycles. The SMILES string of the molecule is CC(C)CC(NCC(C(=O)O)c1ccc(-c2ccncc2)cc1)C(=O)O. The highest BCUT2D eigenvalue weighted by Crippen LogP contribution is 2.23. The van der Waals surface area contributed by atoms with Crippen molar-refractivity contribution in [3.05, 3.63) is 54.4 Å². The smallest absolute Gasteiger partial charge is 0.320 e. The third kappa shape index (κ3) is 5.39. The van der Waals surface area contributed by atoms with E-state index in [1.165, 1.54) is 0 Å². The highest BCUT2D eigenvalue weighted by atomic mass is 16.4. The first-order chi connectivity index (χ1) is 12.4. The second-order valence-corrected chi connectivity index (χ2v) is 6.68. The summed E-state index contributed by atoms with van der Waals surface area (Å²) in [6.45, 7) is 3.93. The molecule has 0 aliphatic heterocycles. The van der Waals surface area contributed by atoms with Crippen LogP contribution in [0.25, 0.3) is 11.1 Å². The Bertz CT molecular complexity index is 729. The minimum atomic E-state index is -0.983. The highest BCUT2D eigenvalue weighted by molar-refractivity contribution is 5.77. The number of carbonyl (C=O) groups is 2. The largest absolute Gasteiger partial charge is 0.481 e. The molecule has 0 aliphatic carbocycles. The Hall–Kier alpha value is -2.73. The van der Waals surface area contributed by atoms with E-state index >= 15 is 0 Å². The van der Waals surface area contributed by atoms with Gasteiger partial charge in [0.05, 0.1) is 5.92 Å². The zero-order valence-electron chi connectivity index (χ0n) is 14.9. The minimum Gasteiger partial charge on any atom is -0.481 e. The lowest BCUT2D eigenvalue weighted by atomic mass is 9.95. The van der Waals surface area contributed by atoms with Crippen LogP contribution >= 0.6 is 0 Å². The van der Waals surface area contributed by atoms with Gasteiger partial charge in [0.1, 0.15) is 6.04 Å². The third-order valence-electron chi connectivity index (χ3n) is 4.20. The highest BCUT2D eigenvalue weighted by Gasteiger charge is 2.24. The van der Waals surface area contributed by atoms with Gasteiger partial charge in [0.2, 0.25) is 0 Å². The van der Waals surface area contributed by atoms with E-state index in [0.29, 0.717) is 12.0 Å². The van der Waals surface area contributed by atoms with Crippen LogP contribution in [0.5, 0.6) is 0 Å². The van der Waals surface area contributed by atoms with Crippen molar-refractivity contribution in [2.45, 2.75) is 32.2 Å². The van der Waals surface area contributed by atoms with Crippen LogP contribution in [-0.2, 0) is 9.59 Å². The van der Waals surface area contributed by atoms with E-state index in [-0.39, 0.29) is 12.5 Å². The molecule has 2 unspecified atom stereocenters. The summed E-state index contributed by atoms with van der Waals surface area (Å²) in [4.78, 5) is 27.0. The predicted molar refractivity (Wildman–Crippen MR) is 98.9 cm³/mol. The van der Waals surface area contributed by atoms with Crippen LogP contribution < -0.4 is 5.32 Å². The molecule has 2 aromatic rings. The van der Waals surface area contributed by atoms with Crippen molar-refractivity contribution in [3.63, 3.8) is 0 Å². The van der Waals surface area contributed by atoms with Crippen LogP contribution in [0.2, 0.25) is 0 Å². The van der Waals surface area contributed by atoms with Gasteiger partial charge in [-0.15, -0.1) is 0 Å². The zero-order chi connectivity index (χ0) is 19.1. The van der Waals surface area contributed by atoms with Gasteiger partial charge in [-0.25, -0.2) is 0 Å². The van der Waals surface area contributed by atoms with Gasteiger partial charge in [0, 0.05) is 18.9 Å². The van der Waals surface area contributed by atoms with Gasteiger partial charge < -0.3 is 15.5 Å². The van der Waals surface area contributed by atoms with Crippen molar-refractivity contribution in [1.29, 1.82) is 0 Å². The van der Waals surface area contributed by atoms with Crippen LogP contribution in [0.1, 0.15) is 31.7 Å². The number of carboxylic acids is 2. The maximum atomic E-state index is 11.7. The normalized spacial score (nSPS) is 13.3. The summed E-state index contributed by atoms with van der Waals surface area (Å²) in [5.41, 5.74) is 2.60. The number of nitrogens with zero attached hydrogens (tertiary/aromatic N) is 1. The zero-order valence-corrected chi connectivity index (χ0v) is 14.9. The topological polar surface area (TPSA) is 99.5 Å². The average molecular weight is 356 g/mol. The second-order valence-electron chi connectivity index (χ2n) is 6.68. The Kier molecular flexibility index (Phi) is 6.86. The first-order valence-electron chi connectivity index (χ1n) is 8.57. The first-order valence-corrected chi connectivity index (χ1v) is 8.57. The fourth-order valence-corrected chi connectivity index (χ4v) is 2.80. The Morgan fingerprint density at radius 1 is 0.962 bits per heavy atom. The predicted octanol–water partition coefficient (Wildman–Crippen LogP) is 3.01. The van der Waals surface area contributed by atoms with E-state index < -0.39 is 23.9 Å². The molecule has 6 heteroatoms. The van der Waals surface area contributed by atoms with Crippen LogP contribution in [0, 0.1) is 5.92 Å². The molecule has 3 N–H and O–H groups in total. The summed E-state index contributed by atoms with van der Waals surface area (Å²) in [7, 11) is 0. The number of hydrogen-bond donors (Lipinski definition) is 3. The fourth-order valence-electron chi connectivity index (χ4n) is 2.80. The minimum absolute atomic E-state index is 0.0631. The molecule has 1 heterocycles. The second kappa shape index (κ2) is 9.10. The molecule has 1 aromatic carbocycles. The number of hydrogen-bond acceptors (Lipinski definition) is 4. The van der Waals surface area contributed by atoms with Crippen molar-refractivity contribution in [1.82, 2.24) is 10.3 Å². The van der Waals surface area contributed by atoms with Crippen LogP contribution in [-0.4, -0.2) is 39.7 Å². The van der Waals surface area contributed by atoms with E-state index in [4.69, 9.17) is 0 Å². The van der Waals surface area contributed by atoms with Crippen molar-refractivity contribution in [3.8, 4) is 11.1 Å². The number of aliphatic carboxylic acids is 2. The summed E-state index contributed by atoms with van der Waals surface area (Å²) in [6.07, 6.45) is 3.85. The standard InChI is InChI=1S/C20H24N2O4/c1-13(2)11-18(20(25)26)22-12-17(19(23)24)16-5-3-14(4-6-16)15-7-9-21-10-8-15/h3-10,13,17-18,22H,11-12H2,1-2H3,(H,23,24)(H,25,26). The van der Waals surface area contributed by atoms with Crippen LogP contribution in [0.4, 0.5) is 0 Å². The molecule has 0 saturated carbocycles. The molecule has 0 spiro atoms. The van der Waals surface area contributed by atoms with Gasteiger partial charge in [0.15, 0.2) is 0 Å². The monoisotopic (exact) mass is 356 g/mol. The van der Waals surface area contributed by atoms with Gasteiger partial charge >= 0.3 is 11.9 Å². The first kappa shape index (κ1) is 19.6. The van der Waals surface area contributed by atoms with Crippen molar-refractivity contribution >= 4 is 11.9 Å². The average Bonchev–Trinajstić information content (AvgIpc) is 2.61. The van der Waals surface area contributed by atoms with Gasteiger partial charge in [-0.05, 0) is 41.2 Å². The molecular formula is C20H24N2O4. The lowest BCUT2D eigenvalue weighted by Gasteiger charge is -2.20. The number of rotatable bonds is 9. The molecule has 0 aliphatic rings. The Morgan fingerprint density at radius 2 is 1.54 bits per heavy atom. The van der Waals surface area contributed by atoms with E-state index in [0.717, 1.165) is 11.1 Å². The van der Waals surface area contributed by atoms with Gasteiger partial charge in [-0.1, -0.05) is 38.1 Å². The molecule has 0 saturated heterocycles. The summed E-state index contributed by atoms with van der Waals surface area (Å²) in [5, 5.41) is 21.7. The Morgan fingerprint density at radius 3 is 2.04 bits per heavy atom. The molecule has 0 radical (unpaired) electrons. The number of benzene rings is 1. The summed E-state index contributed by atoms with van der Waals surface area (Å²) in [5.74, 6) is -2.55. The number of aromatic nitrogens is 1. The van der Waals surface area contributed by atoms with Crippen molar-refractivity contribution in [2.75, 3.05) is 6.54 Å². The maximum absolute atomic E-state index is 11.7. The molecule has 2 rings (SSSR count). The maximum Gasteiger partial charge on any atom is 0.320 e. The van der Waals surface area contributed by atoms with E-state index in [1.807, 2.05) is 38.1 Å². The molecule has 0 fully saturated rings. The number of carboxylic acid groups (broad SMARTS) is 2. The van der Waals surface area contributed by atoms with Crippen LogP contribution in [0.3, 0.4) is 0 Å². The van der Waals surface area contributed by atoms with E-state index in [1.54, 1.807) is 24.5 Å². The molecule has 2 atom stereocenters. The molecule has 26 heavy (non-hydrogen) atoms. The summed E-state index contributed by atoms with van der Waals surface area (Å²) in [6, 6.07) is 10.3. The number of pyridine rings is 1. The van der Waals surface area contributed by atoms with Gasteiger partial charge in [-0.3, -0.25) is 14.6 Å². The quantitative estimate of drug-likeness (QED) is 0.639. The summed E-state index contributed by atoms with van der Waals surface area (Å²) >= 11 is 0. The van der Waals surface area contributed by atoms with E-state index in [2.05, 4.69) is 10.3 Å². The summed E-state index contributed by atoms with van der Waals surface area (Å²) < 4.78 is 0. The Labute approximate surface area is 152 Å². The molecular weight excluding hydrogens is 332 g/mol. The van der Waals surface area contributed by atoms with E-state index in [9.17, 15) is 19.8 Å². The third-order valence-corrected chi connectivity index (χ3v) is 4.20. The van der Waals surface area contributed by atoms with Gasteiger partial charge in [-0.2, -0.15) is 0 Å². The number of nitrogens with one attached hydrogen (secondary N) is 1. The molecule has 6 nitrogen and oxygen atoms in total. The lowest BCUT2D eigenvalue weighted by Crippen LogP contribution is -2.41. The fraction of sp³-hybridized carbons (Fsp3) is 0.350. The van der Waals surface area contributed by atoms with Gasteiger partial charge in [0.25, 0.3) is 0 Å². The molecule has 138 valence electrons. The Balaban J connectivity index is 2.11. The molecule has 0 amide bonds. The van der Waals surface area contributed by atoms with Crippen molar-refractivity contribution in [2.24, 2.45) is 5.92 Å². The van der Waals surface area contributed by atoms with Crippen LogP contribution in [0.15, 0.2) is 48.8 Å².